The Balaban J connectivity index is 1.44. The summed E-state index contributed by atoms with van der Waals surface area (Å²) in [7, 11) is 1.64. The molecule has 1 amide bonds. The van der Waals surface area contributed by atoms with Crippen LogP contribution in [-0.2, 0) is 24.1 Å². The molecule has 0 aliphatic carbocycles. The van der Waals surface area contributed by atoms with E-state index in [1.165, 1.54) is 16.9 Å². The maximum Gasteiger partial charge on any atom is 0.226 e. The molecule has 0 aliphatic rings. The summed E-state index contributed by atoms with van der Waals surface area (Å²) in [6, 6.07) is 18.0. The molecule has 1 N–H and O–H groups in total. The fraction of sp³-hybridized carbons (Fsp3) is 0.250. The van der Waals surface area contributed by atoms with E-state index in [1.807, 2.05) is 42.5 Å². The van der Waals surface area contributed by atoms with Gasteiger partial charge in [0.15, 0.2) is 0 Å². The van der Waals surface area contributed by atoms with Gasteiger partial charge in [-0.2, -0.15) is 0 Å². The number of hydrogen-bond donors (Lipinski definition) is 1. The molecule has 0 saturated heterocycles. The topological polar surface area (TPSA) is 64.1 Å². The highest BCUT2D eigenvalue weighted by molar-refractivity contribution is 7.15. The van der Waals surface area contributed by atoms with E-state index in [1.54, 1.807) is 7.11 Å². The van der Waals surface area contributed by atoms with Crippen LogP contribution in [-0.4, -0.2) is 23.2 Å². The number of ether oxygens (including phenoxy) is 1. The van der Waals surface area contributed by atoms with Gasteiger partial charge in [-0.05, 0) is 36.1 Å². The number of aryl methyl sites for hydroxylation is 3. The third-order valence-electron chi connectivity index (χ3n) is 3.98. The fourth-order valence-electron chi connectivity index (χ4n) is 2.53. The molecule has 0 saturated carbocycles. The van der Waals surface area contributed by atoms with Crippen LogP contribution < -0.4 is 10.1 Å². The Kier molecular flexibility index (Phi) is 6.33. The second-order valence-corrected chi connectivity index (χ2v) is 6.94. The number of carbonyl (C=O) groups excluding carboxylic acids is 1. The number of aromatic nitrogens is 2. The smallest absolute Gasteiger partial charge is 0.226 e. The molecule has 2 aromatic carbocycles. The van der Waals surface area contributed by atoms with E-state index >= 15 is 0 Å². The quantitative estimate of drug-likeness (QED) is 0.656. The Bertz CT molecular complexity index is 832. The van der Waals surface area contributed by atoms with Crippen LogP contribution in [0.4, 0.5) is 5.13 Å². The number of nitrogens with one attached hydrogen (secondary N) is 1. The number of hydrogen-bond acceptors (Lipinski definition) is 5. The van der Waals surface area contributed by atoms with Crippen LogP contribution in [0.1, 0.15) is 22.6 Å². The number of anilines is 1. The number of benzene rings is 2. The van der Waals surface area contributed by atoms with E-state index < -0.39 is 0 Å². The summed E-state index contributed by atoms with van der Waals surface area (Å²) in [6.45, 7) is 0. The summed E-state index contributed by atoms with van der Waals surface area (Å²) in [5, 5.41) is 12.6. The lowest BCUT2D eigenvalue weighted by Crippen LogP contribution is -2.12. The van der Waals surface area contributed by atoms with Crippen molar-refractivity contribution in [2.24, 2.45) is 0 Å². The molecular formula is C20H21N3O2S. The molecule has 1 heterocycles. The highest BCUT2D eigenvalue weighted by atomic mass is 32.1. The molecule has 3 aromatic rings. The molecule has 26 heavy (non-hydrogen) atoms. The van der Waals surface area contributed by atoms with Gasteiger partial charge in [-0.1, -0.05) is 53.8 Å². The van der Waals surface area contributed by atoms with E-state index in [9.17, 15) is 4.79 Å². The second-order valence-electron chi connectivity index (χ2n) is 5.88. The van der Waals surface area contributed by atoms with E-state index in [0.29, 0.717) is 18.0 Å². The normalized spacial score (nSPS) is 10.5. The van der Waals surface area contributed by atoms with Crippen LogP contribution in [0.2, 0.25) is 0 Å². The van der Waals surface area contributed by atoms with Crippen LogP contribution in [0.25, 0.3) is 0 Å². The molecule has 0 unspecified atom stereocenters. The number of amides is 1. The third-order valence-corrected chi connectivity index (χ3v) is 4.88. The van der Waals surface area contributed by atoms with Gasteiger partial charge >= 0.3 is 0 Å². The minimum atomic E-state index is -0.0495. The van der Waals surface area contributed by atoms with Crippen molar-refractivity contribution in [2.45, 2.75) is 25.7 Å². The Hall–Kier alpha value is -2.73. The SMILES string of the molecule is COc1ccc(CCC(=O)Nc2nnc(CCc3ccccc3)s2)cc1. The Labute approximate surface area is 157 Å². The molecule has 0 atom stereocenters. The van der Waals surface area contributed by atoms with Crippen LogP contribution in [0.5, 0.6) is 5.75 Å². The molecular weight excluding hydrogens is 346 g/mol. The molecule has 1 aromatic heterocycles. The number of methoxy groups -OCH3 is 1. The van der Waals surface area contributed by atoms with E-state index in [-0.39, 0.29) is 5.91 Å². The standard InChI is InChI=1S/C20H21N3O2S/c1-25-17-11-7-16(8-12-17)9-13-18(24)21-20-23-22-19(26-20)14-10-15-5-3-2-4-6-15/h2-8,11-12H,9-10,13-14H2,1H3,(H,21,23,24). The molecule has 134 valence electrons. The lowest BCUT2D eigenvalue weighted by atomic mass is 10.1. The van der Waals surface area contributed by atoms with Crippen molar-refractivity contribution in [3.63, 3.8) is 0 Å². The highest BCUT2D eigenvalue weighted by Crippen LogP contribution is 2.18. The van der Waals surface area contributed by atoms with Crippen LogP contribution in [0, 0.1) is 0 Å². The van der Waals surface area contributed by atoms with Gasteiger partial charge in [0.2, 0.25) is 11.0 Å². The second kappa shape index (κ2) is 9.10. The summed E-state index contributed by atoms with van der Waals surface area (Å²) in [4.78, 5) is 12.1. The minimum Gasteiger partial charge on any atom is -0.497 e. The average molecular weight is 367 g/mol. The van der Waals surface area contributed by atoms with Crippen LogP contribution in [0.15, 0.2) is 54.6 Å². The summed E-state index contributed by atoms with van der Waals surface area (Å²) < 4.78 is 5.13. The highest BCUT2D eigenvalue weighted by Gasteiger charge is 2.09. The summed E-state index contributed by atoms with van der Waals surface area (Å²) in [6.07, 6.45) is 2.82. The summed E-state index contributed by atoms with van der Waals surface area (Å²) >= 11 is 1.44. The first-order valence-corrected chi connectivity index (χ1v) is 9.33. The molecule has 0 radical (unpaired) electrons. The van der Waals surface area contributed by atoms with Gasteiger partial charge in [-0.25, -0.2) is 0 Å². The van der Waals surface area contributed by atoms with Crippen LogP contribution in [0.3, 0.4) is 0 Å². The largest absolute Gasteiger partial charge is 0.497 e. The fourth-order valence-corrected chi connectivity index (χ4v) is 3.29. The van der Waals surface area contributed by atoms with Crippen molar-refractivity contribution < 1.29 is 9.53 Å². The van der Waals surface area contributed by atoms with E-state index in [0.717, 1.165) is 29.2 Å². The third kappa shape index (κ3) is 5.39. The van der Waals surface area contributed by atoms with Crippen molar-refractivity contribution in [1.29, 1.82) is 0 Å². The van der Waals surface area contributed by atoms with Gasteiger partial charge in [0.1, 0.15) is 10.8 Å². The van der Waals surface area contributed by atoms with Gasteiger partial charge in [-0.3, -0.25) is 4.79 Å². The molecule has 0 bridgehead atoms. The zero-order valence-corrected chi connectivity index (χ0v) is 15.5. The number of rotatable bonds is 8. The predicted molar refractivity (Wildman–Crippen MR) is 104 cm³/mol. The first kappa shape index (κ1) is 18.1. The van der Waals surface area contributed by atoms with Gasteiger partial charge in [0.05, 0.1) is 7.11 Å². The summed E-state index contributed by atoms with van der Waals surface area (Å²) in [5.74, 6) is 0.765. The predicted octanol–water partition coefficient (Wildman–Crippen LogP) is 3.90. The van der Waals surface area contributed by atoms with Gasteiger partial charge in [0.25, 0.3) is 0 Å². The van der Waals surface area contributed by atoms with Crippen molar-refractivity contribution in [3.8, 4) is 5.75 Å². The molecule has 3 rings (SSSR count). The van der Waals surface area contributed by atoms with Crippen molar-refractivity contribution in [1.82, 2.24) is 10.2 Å². The molecule has 6 heteroatoms. The Morgan fingerprint density at radius 1 is 0.962 bits per heavy atom. The van der Waals surface area contributed by atoms with E-state index in [2.05, 4.69) is 27.6 Å². The molecule has 0 fully saturated rings. The van der Waals surface area contributed by atoms with E-state index in [4.69, 9.17) is 4.74 Å². The van der Waals surface area contributed by atoms with Crippen LogP contribution >= 0.6 is 11.3 Å². The average Bonchev–Trinajstić information content (AvgIpc) is 3.13. The zero-order chi connectivity index (χ0) is 18.2. The summed E-state index contributed by atoms with van der Waals surface area (Å²) in [5.41, 5.74) is 2.37. The Morgan fingerprint density at radius 3 is 2.42 bits per heavy atom. The van der Waals surface area contributed by atoms with Crippen molar-refractivity contribution >= 4 is 22.4 Å². The first-order chi connectivity index (χ1) is 12.7. The maximum absolute atomic E-state index is 12.1. The Morgan fingerprint density at radius 2 is 1.69 bits per heavy atom. The maximum atomic E-state index is 12.1. The number of carbonyl (C=O) groups is 1. The lowest BCUT2D eigenvalue weighted by Gasteiger charge is -2.03. The molecule has 0 spiro atoms. The van der Waals surface area contributed by atoms with Crippen molar-refractivity contribution in [3.05, 3.63) is 70.7 Å². The minimum absolute atomic E-state index is 0.0495. The first-order valence-electron chi connectivity index (χ1n) is 8.52. The number of nitrogens with zero attached hydrogens (tertiary/aromatic N) is 2. The monoisotopic (exact) mass is 367 g/mol. The molecule has 0 aliphatic heterocycles. The molecule has 5 nitrogen and oxygen atoms in total. The van der Waals surface area contributed by atoms with Gasteiger partial charge in [-0.15, -0.1) is 10.2 Å². The van der Waals surface area contributed by atoms with Gasteiger partial charge in [0, 0.05) is 12.8 Å². The zero-order valence-electron chi connectivity index (χ0n) is 14.6. The van der Waals surface area contributed by atoms with Crippen molar-refractivity contribution in [2.75, 3.05) is 12.4 Å². The van der Waals surface area contributed by atoms with Gasteiger partial charge < -0.3 is 10.1 Å². The lowest BCUT2D eigenvalue weighted by molar-refractivity contribution is -0.116.